The average Bonchev–Trinajstić information content (AvgIpc) is 2.42. The maximum Gasteiger partial charge on any atom is 0.188 e. The van der Waals surface area contributed by atoms with Crippen LogP contribution in [0.1, 0.15) is 50.7 Å². The summed E-state index contributed by atoms with van der Waals surface area (Å²) in [5, 5.41) is 19.8. The minimum absolute atomic E-state index is 0.216. The molecule has 0 aliphatic rings. The number of methoxy groups -OCH3 is 1. The Bertz CT molecular complexity index is 482. The fourth-order valence-electron chi connectivity index (χ4n) is 2.24. The number of hydrogen-bond acceptors (Lipinski definition) is 4. The molecule has 0 unspecified atom stereocenters. The number of rotatable bonds is 8. The highest BCUT2D eigenvalue weighted by atomic mass is 79.9. The summed E-state index contributed by atoms with van der Waals surface area (Å²) in [5.41, 5.74) is 1.09. The Balaban J connectivity index is 2.81. The zero-order valence-corrected chi connectivity index (χ0v) is 15.6. The van der Waals surface area contributed by atoms with Gasteiger partial charge >= 0.3 is 0 Å². The molecule has 5 heteroatoms. The van der Waals surface area contributed by atoms with Crippen molar-refractivity contribution in [3.8, 4) is 5.75 Å². The number of hydrogen-bond donors (Lipinski definition) is 2. The van der Waals surface area contributed by atoms with E-state index >= 15 is 0 Å². The molecule has 0 saturated carbocycles. The van der Waals surface area contributed by atoms with E-state index in [0.29, 0.717) is 6.42 Å². The van der Waals surface area contributed by atoms with E-state index in [9.17, 15) is 10.2 Å². The summed E-state index contributed by atoms with van der Waals surface area (Å²) < 4.78 is 11.6. The quantitative estimate of drug-likeness (QED) is 0.680. The minimum Gasteiger partial charge on any atom is -0.467 e. The van der Waals surface area contributed by atoms with Crippen molar-refractivity contribution in [1.82, 2.24) is 0 Å². The van der Waals surface area contributed by atoms with E-state index in [1.807, 2.05) is 19.1 Å². The van der Waals surface area contributed by atoms with Crippen LogP contribution in [-0.2, 0) is 4.74 Å². The van der Waals surface area contributed by atoms with Crippen LogP contribution in [0.3, 0.4) is 0 Å². The molecule has 0 spiro atoms. The zero-order chi connectivity index (χ0) is 16.9. The monoisotopic (exact) mass is 374 g/mol. The number of ether oxygens (including phenoxy) is 2. The maximum absolute atomic E-state index is 9.96. The molecule has 0 aliphatic heterocycles. The van der Waals surface area contributed by atoms with Gasteiger partial charge in [-0.25, -0.2) is 0 Å². The molecule has 0 saturated heterocycles. The molecule has 2 atom stereocenters. The van der Waals surface area contributed by atoms with Gasteiger partial charge in [0.2, 0.25) is 0 Å². The summed E-state index contributed by atoms with van der Waals surface area (Å²) in [6.07, 6.45) is 0.582. The molecule has 4 nitrogen and oxygen atoms in total. The third kappa shape index (κ3) is 5.54. The number of benzene rings is 1. The van der Waals surface area contributed by atoms with Crippen molar-refractivity contribution in [1.29, 1.82) is 0 Å². The molecule has 0 aliphatic carbocycles. The maximum atomic E-state index is 9.96. The summed E-state index contributed by atoms with van der Waals surface area (Å²) in [6.45, 7) is 7.56. The van der Waals surface area contributed by atoms with Crippen molar-refractivity contribution in [3.63, 3.8) is 0 Å². The predicted octanol–water partition coefficient (Wildman–Crippen LogP) is 3.76. The molecule has 2 N–H and O–H groups in total. The number of aliphatic hydroxyl groups excluding tert-OH is 1. The number of aliphatic hydroxyl groups is 2. The molecule has 0 bridgehead atoms. The minimum atomic E-state index is -1.07. The normalized spacial score (nSPS) is 14.7. The lowest BCUT2D eigenvalue weighted by Gasteiger charge is -2.26. The standard InChI is InChI=1S/C17H27BrO4/c1-11(6-7-16(19)17(3,4)20)13-9-15(22-10-21-5)12(2)8-14(13)18/h8-9,11,16,19-20H,6-7,10H2,1-5H3/t11-,16-/m1/s1. The van der Waals surface area contributed by atoms with Crippen molar-refractivity contribution in [2.75, 3.05) is 13.9 Å². The smallest absolute Gasteiger partial charge is 0.188 e. The van der Waals surface area contributed by atoms with Gasteiger partial charge in [-0.2, -0.15) is 0 Å². The lowest BCUT2D eigenvalue weighted by molar-refractivity contribution is -0.0525. The Morgan fingerprint density at radius 2 is 1.91 bits per heavy atom. The van der Waals surface area contributed by atoms with Crippen molar-refractivity contribution in [3.05, 3.63) is 27.7 Å². The summed E-state index contributed by atoms with van der Waals surface area (Å²) in [5.74, 6) is 1.03. The second-order valence-electron chi connectivity index (χ2n) is 6.34. The summed E-state index contributed by atoms with van der Waals surface area (Å²) in [4.78, 5) is 0. The number of aryl methyl sites for hydroxylation is 1. The second kappa shape index (κ2) is 8.29. The van der Waals surface area contributed by atoms with Gasteiger partial charge < -0.3 is 19.7 Å². The first-order valence-electron chi connectivity index (χ1n) is 7.49. The lowest BCUT2D eigenvalue weighted by atomic mass is 9.90. The highest BCUT2D eigenvalue weighted by Crippen LogP contribution is 2.34. The van der Waals surface area contributed by atoms with Crippen LogP contribution in [0.5, 0.6) is 5.75 Å². The van der Waals surface area contributed by atoms with Crippen molar-refractivity contribution < 1.29 is 19.7 Å². The first-order valence-corrected chi connectivity index (χ1v) is 8.28. The van der Waals surface area contributed by atoms with E-state index in [-0.39, 0.29) is 12.7 Å². The van der Waals surface area contributed by atoms with Crippen LogP contribution in [0.15, 0.2) is 16.6 Å². The van der Waals surface area contributed by atoms with Crippen LogP contribution in [-0.4, -0.2) is 35.8 Å². The molecule has 0 fully saturated rings. The highest BCUT2D eigenvalue weighted by Gasteiger charge is 2.25. The van der Waals surface area contributed by atoms with Crippen LogP contribution in [0, 0.1) is 6.92 Å². The summed E-state index contributed by atoms with van der Waals surface area (Å²) in [7, 11) is 1.59. The molecule has 0 heterocycles. The Labute approximate surface area is 141 Å². The summed E-state index contributed by atoms with van der Waals surface area (Å²) in [6, 6.07) is 4.04. The Morgan fingerprint density at radius 1 is 1.27 bits per heavy atom. The van der Waals surface area contributed by atoms with E-state index in [2.05, 4.69) is 22.9 Å². The average molecular weight is 375 g/mol. The van der Waals surface area contributed by atoms with Crippen LogP contribution in [0.4, 0.5) is 0 Å². The third-order valence-electron chi connectivity index (χ3n) is 3.85. The van der Waals surface area contributed by atoms with Crippen LogP contribution >= 0.6 is 15.9 Å². The molecule has 0 aromatic heterocycles. The summed E-state index contributed by atoms with van der Waals surface area (Å²) >= 11 is 3.60. The molecule has 1 aromatic carbocycles. The van der Waals surface area contributed by atoms with E-state index < -0.39 is 11.7 Å². The molecule has 1 aromatic rings. The van der Waals surface area contributed by atoms with Crippen molar-refractivity contribution in [2.45, 2.75) is 58.2 Å². The van der Waals surface area contributed by atoms with Gasteiger partial charge in [-0.15, -0.1) is 0 Å². The molecule has 22 heavy (non-hydrogen) atoms. The van der Waals surface area contributed by atoms with Crippen LogP contribution in [0.2, 0.25) is 0 Å². The SMILES string of the molecule is COCOc1cc([C@H](C)CC[C@@H](O)C(C)(C)O)c(Br)cc1C. The molecular formula is C17H27BrO4. The fraction of sp³-hybridized carbons (Fsp3) is 0.647. The molecular weight excluding hydrogens is 348 g/mol. The zero-order valence-electron chi connectivity index (χ0n) is 14.0. The largest absolute Gasteiger partial charge is 0.467 e. The van der Waals surface area contributed by atoms with Gasteiger partial charge in [0.05, 0.1) is 11.7 Å². The van der Waals surface area contributed by atoms with Crippen molar-refractivity contribution in [2.24, 2.45) is 0 Å². The van der Waals surface area contributed by atoms with E-state index in [1.165, 1.54) is 0 Å². The van der Waals surface area contributed by atoms with E-state index in [1.54, 1.807) is 21.0 Å². The van der Waals surface area contributed by atoms with Gasteiger partial charge in [0.1, 0.15) is 5.75 Å². The molecule has 126 valence electrons. The first kappa shape index (κ1) is 19.4. The molecule has 0 radical (unpaired) electrons. The van der Waals surface area contributed by atoms with Gasteiger partial charge in [0.15, 0.2) is 6.79 Å². The fourth-order valence-corrected chi connectivity index (χ4v) is 3.09. The second-order valence-corrected chi connectivity index (χ2v) is 7.19. The van der Waals surface area contributed by atoms with Crippen molar-refractivity contribution >= 4 is 15.9 Å². The molecule has 0 amide bonds. The Kier molecular flexibility index (Phi) is 7.32. The van der Waals surface area contributed by atoms with E-state index in [4.69, 9.17) is 9.47 Å². The number of halogens is 1. The van der Waals surface area contributed by atoms with Gasteiger partial charge in [-0.3, -0.25) is 0 Å². The van der Waals surface area contributed by atoms with Gasteiger partial charge in [0, 0.05) is 11.6 Å². The van der Waals surface area contributed by atoms with Gasteiger partial charge in [-0.1, -0.05) is 22.9 Å². The lowest BCUT2D eigenvalue weighted by Crippen LogP contribution is -2.35. The topological polar surface area (TPSA) is 58.9 Å². The Hall–Kier alpha value is -0.620. The van der Waals surface area contributed by atoms with Gasteiger partial charge in [-0.05, 0) is 62.8 Å². The Morgan fingerprint density at radius 3 is 2.45 bits per heavy atom. The predicted molar refractivity (Wildman–Crippen MR) is 91.3 cm³/mol. The van der Waals surface area contributed by atoms with Gasteiger partial charge in [0.25, 0.3) is 0 Å². The molecule has 1 rings (SSSR count). The van der Waals surface area contributed by atoms with Crippen LogP contribution in [0.25, 0.3) is 0 Å². The third-order valence-corrected chi connectivity index (χ3v) is 4.53. The van der Waals surface area contributed by atoms with Crippen LogP contribution < -0.4 is 4.74 Å². The first-order chi connectivity index (χ1) is 10.2. The highest BCUT2D eigenvalue weighted by molar-refractivity contribution is 9.10. The van der Waals surface area contributed by atoms with E-state index in [0.717, 1.165) is 27.8 Å².